The number of nitrogens with zero attached hydrogens (tertiary/aromatic N) is 4. The molecule has 0 aliphatic heterocycles. The molecule has 8 nitrogen and oxygen atoms in total. The van der Waals surface area contributed by atoms with E-state index in [-0.39, 0.29) is 18.7 Å². The Morgan fingerprint density at radius 1 is 1.23 bits per heavy atom. The smallest absolute Gasteiger partial charge is 0.252 e. The maximum atomic E-state index is 12.4. The van der Waals surface area contributed by atoms with Gasteiger partial charge in [-0.15, -0.1) is 0 Å². The van der Waals surface area contributed by atoms with E-state index in [4.69, 9.17) is 5.73 Å². The number of primary amides is 1. The molecule has 0 aliphatic carbocycles. The number of nitrogens with two attached hydrogens (primary N) is 1. The summed E-state index contributed by atoms with van der Waals surface area (Å²) in [6.45, 7) is 3.84. The Labute approximate surface area is 150 Å². The molecule has 1 aromatic carbocycles. The van der Waals surface area contributed by atoms with Gasteiger partial charge in [-0.2, -0.15) is 10.1 Å². The Bertz CT molecular complexity index is 979. The minimum atomic E-state index is -0.440. The van der Waals surface area contributed by atoms with Crippen LogP contribution in [0.2, 0.25) is 0 Å². The van der Waals surface area contributed by atoms with E-state index >= 15 is 0 Å². The van der Waals surface area contributed by atoms with Gasteiger partial charge in [0, 0.05) is 23.5 Å². The van der Waals surface area contributed by atoms with Crippen LogP contribution < -0.4 is 11.1 Å². The van der Waals surface area contributed by atoms with Gasteiger partial charge >= 0.3 is 0 Å². The van der Waals surface area contributed by atoms with E-state index in [1.807, 2.05) is 13.8 Å². The van der Waals surface area contributed by atoms with Crippen molar-refractivity contribution in [2.24, 2.45) is 5.73 Å². The minimum Gasteiger partial charge on any atom is -0.369 e. The number of anilines is 1. The molecule has 0 saturated heterocycles. The van der Waals surface area contributed by atoms with E-state index in [9.17, 15) is 9.59 Å². The number of rotatable bonds is 6. The SMILES string of the molecule is Cc1nc2ncnn2c(C)c1CCC(=O)Nc1ccccc1CC(N)=O. The third-order valence-corrected chi connectivity index (χ3v) is 4.25. The van der Waals surface area contributed by atoms with Gasteiger partial charge in [-0.3, -0.25) is 9.59 Å². The molecule has 3 rings (SSSR count). The zero-order chi connectivity index (χ0) is 18.7. The molecular weight excluding hydrogens is 332 g/mol. The van der Waals surface area contributed by atoms with Gasteiger partial charge in [0.05, 0.1) is 6.42 Å². The fourth-order valence-corrected chi connectivity index (χ4v) is 2.95. The van der Waals surface area contributed by atoms with Crippen LogP contribution in [0.25, 0.3) is 5.78 Å². The first-order valence-corrected chi connectivity index (χ1v) is 8.27. The standard InChI is InChI=1S/C18H20N6O2/c1-11-14(12(2)24-18(22-11)20-10-21-24)7-8-17(26)23-15-6-4-3-5-13(15)9-16(19)25/h3-6,10H,7-9H2,1-2H3,(H2,19,25)(H,23,26). The van der Waals surface area contributed by atoms with Crippen LogP contribution in [0.4, 0.5) is 5.69 Å². The van der Waals surface area contributed by atoms with E-state index in [1.54, 1.807) is 28.8 Å². The highest BCUT2D eigenvalue weighted by Gasteiger charge is 2.13. The molecule has 0 bridgehead atoms. The Morgan fingerprint density at radius 3 is 2.77 bits per heavy atom. The zero-order valence-corrected chi connectivity index (χ0v) is 14.7. The van der Waals surface area contributed by atoms with Gasteiger partial charge in [-0.25, -0.2) is 9.50 Å². The predicted octanol–water partition coefficient (Wildman–Crippen LogP) is 1.34. The van der Waals surface area contributed by atoms with Gasteiger partial charge in [0.15, 0.2) is 0 Å². The number of carbonyl (C=O) groups excluding carboxylic acids is 2. The van der Waals surface area contributed by atoms with Gasteiger partial charge in [-0.1, -0.05) is 18.2 Å². The lowest BCUT2D eigenvalue weighted by Crippen LogP contribution is -2.18. The normalized spacial score (nSPS) is 10.8. The van der Waals surface area contributed by atoms with Crippen molar-refractivity contribution < 1.29 is 9.59 Å². The Balaban J connectivity index is 1.71. The Hall–Kier alpha value is -3.29. The third-order valence-electron chi connectivity index (χ3n) is 4.25. The zero-order valence-electron chi connectivity index (χ0n) is 14.7. The average Bonchev–Trinajstić information content (AvgIpc) is 3.04. The summed E-state index contributed by atoms with van der Waals surface area (Å²) in [4.78, 5) is 32.0. The van der Waals surface area contributed by atoms with Crippen molar-refractivity contribution in [3.63, 3.8) is 0 Å². The number of para-hydroxylation sites is 1. The molecule has 2 amide bonds. The monoisotopic (exact) mass is 352 g/mol. The van der Waals surface area contributed by atoms with Crippen LogP contribution >= 0.6 is 0 Å². The predicted molar refractivity (Wildman–Crippen MR) is 96.5 cm³/mol. The second-order valence-electron chi connectivity index (χ2n) is 6.08. The number of nitrogens with one attached hydrogen (secondary N) is 1. The number of hydrogen-bond acceptors (Lipinski definition) is 5. The first-order chi connectivity index (χ1) is 12.5. The molecule has 26 heavy (non-hydrogen) atoms. The van der Waals surface area contributed by atoms with Crippen molar-refractivity contribution in [1.82, 2.24) is 19.6 Å². The summed E-state index contributed by atoms with van der Waals surface area (Å²) < 4.78 is 1.67. The second-order valence-corrected chi connectivity index (χ2v) is 6.08. The lowest BCUT2D eigenvalue weighted by molar-refractivity contribution is -0.118. The third kappa shape index (κ3) is 3.69. The van der Waals surface area contributed by atoms with E-state index in [0.717, 1.165) is 17.0 Å². The highest BCUT2D eigenvalue weighted by molar-refractivity contribution is 5.92. The first-order valence-electron chi connectivity index (χ1n) is 8.27. The van der Waals surface area contributed by atoms with Crippen molar-refractivity contribution in [2.45, 2.75) is 33.1 Å². The minimum absolute atomic E-state index is 0.0849. The van der Waals surface area contributed by atoms with E-state index in [0.29, 0.717) is 23.4 Å². The molecule has 134 valence electrons. The van der Waals surface area contributed by atoms with Crippen LogP contribution in [0.5, 0.6) is 0 Å². The van der Waals surface area contributed by atoms with Crippen molar-refractivity contribution in [2.75, 3.05) is 5.32 Å². The molecule has 0 saturated carbocycles. The summed E-state index contributed by atoms with van der Waals surface area (Å²) in [5, 5.41) is 7.01. The van der Waals surface area contributed by atoms with Crippen molar-refractivity contribution in [3.05, 3.63) is 53.1 Å². The molecular formula is C18H20N6O2. The summed E-state index contributed by atoms with van der Waals surface area (Å²) in [5.74, 6) is -0.0295. The molecule has 0 fully saturated rings. The Morgan fingerprint density at radius 2 is 2.00 bits per heavy atom. The number of fused-ring (bicyclic) bond motifs is 1. The molecule has 0 aliphatic rings. The largest absolute Gasteiger partial charge is 0.369 e. The average molecular weight is 352 g/mol. The molecule has 0 spiro atoms. The van der Waals surface area contributed by atoms with Crippen LogP contribution in [0.1, 0.15) is 28.9 Å². The van der Waals surface area contributed by atoms with Gasteiger partial charge in [-0.05, 0) is 37.5 Å². The van der Waals surface area contributed by atoms with Crippen molar-refractivity contribution >= 4 is 23.3 Å². The molecule has 2 aromatic heterocycles. The summed E-state index contributed by atoms with van der Waals surface area (Å²) >= 11 is 0. The highest BCUT2D eigenvalue weighted by atomic mass is 16.2. The molecule has 3 aromatic rings. The van der Waals surface area contributed by atoms with E-state index in [1.165, 1.54) is 6.33 Å². The number of aryl methyl sites for hydroxylation is 2. The molecule has 3 N–H and O–H groups in total. The van der Waals surface area contributed by atoms with Crippen LogP contribution in [-0.2, 0) is 22.4 Å². The molecule has 2 heterocycles. The van der Waals surface area contributed by atoms with Gasteiger partial charge in [0.25, 0.3) is 5.78 Å². The second kappa shape index (κ2) is 7.30. The van der Waals surface area contributed by atoms with Crippen LogP contribution in [0.15, 0.2) is 30.6 Å². The molecule has 8 heteroatoms. The van der Waals surface area contributed by atoms with Crippen molar-refractivity contribution in [1.29, 1.82) is 0 Å². The summed E-state index contributed by atoms with van der Waals surface area (Å²) in [6, 6.07) is 7.14. The lowest BCUT2D eigenvalue weighted by atomic mass is 10.1. The van der Waals surface area contributed by atoms with E-state index in [2.05, 4.69) is 20.4 Å². The molecule has 0 radical (unpaired) electrons. The maximum Gasteiger partial charge on any atom is 0.252 e. The Kier molecular flexibility index (Phi) is 4.92. The number of hydrogen-bond donors (Lipinski definition) is 2. The summed E-state index contributed by atoms with van der Waals surface area (Å²) in [6.07, 6.45) is 2.36. The van der Waals surface area contributed by atoms with E-state index < -0.39 is 5.91 Å². The topological polar surface area (TPSA) is 115 Å². The number of benzene rings is 1. The fraction of sp³-hybridized carbons (Fsp3) is 0.278. The lowest BCUT2D eigenvalue weighted by Gasteiger charge is -2.12. The van der Waals surface area contributed by atoms with Crippen LogP contribution in [-0.4, -0.2) is 31.4 Å². The van der Waals surface area contributed by atoms with Crippen LogP contribution in [0.3, 0.4) is 0 Å². The number of carbonyl (C=O) groups is 2. The number of amides is 2. The molecule has 0 atom stereocenters. The van der Waals surface area contributed by atoms with Gasteiger partial charge in [0.2, 0.25) is 11.8 Å². The van der Waals surface area contributed by atoms with Gasteiger partial charge < -0.3 is 11.1 Å². The highest BCUT2D eigenvalue weighted by Crippen LogP contribution is 2.18. The maximum absolute atomic E-state index is 12.4. The van der Waals surface area contributed by atoms with Crippen molar-refractivity contribution in [3.8, 4) is 0 Å². The fourth-order valence-electron chi connectivity index (χ4n) is 2.95. The quantitative estimate of drug-likeness (QED) is 0.694. The van der Waals surface area contributed by atoms with Gasteiger partial charge in [0.1, 0.15) is 6.33 Å². The first kappa shape index (κ1) is 17.5. The molecule has 0 unspecified atom stereocenters. The summed E-state index contributed by atoms with van der Waals surface area (Å²) in [7, 11) is 0. The van der Waals surface area contributed by atoms with Crippen LogP contribution in [0, 0.1) is 13.8 Å². The summed E-state index contributed by atoms with van der Waals surface area (Å²) in [5.41, 5.74) is 9.30. The number of aromatic nitrogens is 4.